The molecular weight excluding hydrogens is 210 g/mol. The van der Waals surface area contributed by atoms with E-state index >= 15 is 0 Å². The highest BCUT2D eigenvalue weighted by Gasteiger charge is 2.31. The van der Waals surface area contributed by atoms with E-state index in [-0.39, 0.29) is 30.6 Å². The molecule has 0 bridgehead atoms. The molecule has 3 amide bonds. The van der Waals surface area contributed by atoms with Crippen molar-refractivity contribution in [3.8, 4) is 0 Å². The van der Waals surface area contributed by atoms with Gasteiger partial charge in [0, 0.05) is 24.9 Å². The van der Waals surface area contributed by atoms with Crippen LogP contribution in [0.4, 0.5) is 0 Å². The van der Waals surface area contributed by atoms with Gasteiger partial charge in [-0.15, -0.1) is 0 Å². The van der Waals surface area contributed by atoms with E-state index in [4.69, 9.17) is 5.73 Å². The third kappa shape index (κ3) is 3.52. The van der Waals surface area contributed by atoms with Crippen molar-refractivity contribution in [3.05, 3.63) is 0 Å². The fourth-order valence-corrected chi connectivity index (χ4v) is 1.71. The molecule has 1 aliphatic rings. The lowest BCUT2D eigenvalue weighted by molar-refractivity contribution is -0.128. The number of primary amides is 1. The quantitative estimate of drug-likeness (QED) is 0.567. The lowest BCUT2D eigenvalue weighted by atomic mass is 9.98. The van der Waals surface area contributed by atoms with E-state index in [2.05, 4.69) is 10.6 Å². The molecule has 0 spiro atoms. The summed E-state index contributed by atoms with van der Waals surface area (Å²) in [4.78, 5) is 33.4. The van der Waals surface area contributed by atoms with Crippen molar-refractivity contribution in [3.63, 3.8) is 0 Å². The standard InChI is InChI=1S/C10H17N3O3/c1-10(2,4-7(11)14)13-9(16)6-3-8(15)12-5-6/h6H,3-5H2,1-2H3,(H2,11,14)(H,12,15)(H,13,16). The summed E-state index contributed by atoms with van der Waals surface area (Å²) in [5.41, 5.74) is 4.40. The predicted octanol–water partition coefficient (Wildman–Crippen LogP) is -1.11. The highest BCUT2D eigenvalue weighted by Crippen LogP contribution is 2.13. The Morgan fingerprint density at radius 1 is 1.56 bits per heavy atom. The minimum Gasteiger partial charge on any atom is -0.370 e. The van der Waals surface area contributed by atoms with Gasteiger partial charge < -0.3 is 16.4 Å². The van der Waals surface area contributed by atoms with Gasteiger partial charge in [-0.3, -0.25) is 14.4 Å². The van der Waals surface area contributed by atoms with Gasteiger partial charge in [-0.05, 0) is 13.8 Å². The average Bonchev–Trinajstić information content (AvgIpc) is 2.47. The number of carbonyl (C=O) groups excluding carboxylic acids is 3. The van der Waals surface area contributed by atoms with Crippen LogP contribution >= 0.6 is 0 Å². The SMILES string of the molecule is CC(C)(CC(N)=O)NC(=O)C1CNC(=O)C1. The van der Waals surface area contributed by atoms with E-state index in [9.17, 15) is 14.4 Å². The molecule has 1 saturated heterocycles. The highest BCUT2D eigenvalue weighted by atomic mass is 16.2. The molecule has 1 aliphatic heterocycles. The second-order valence-corrected chi connectivity index (χ2v) is 4.72. The third-order valence-electron chi connectivity index (χ3n) is 2.43. The van der Waals surface area contributed by atoms with Crippen molar-refractivity contribution in [2.24, 2.45) is 11.7 Å². The van der Waals surface area contributed by atoms with Crippen LogP contribution in [0.5, 0.6) is 0 Å². The van der Waals surface area contributed by atoms with Gasteiger partial charge in [0.05, 0.1) is 5.92 Å². The Morgan fingerprint density at radius 2 is 2.19 bits per heavy atom. The largest absolute Gasteiger partial charge is 0.370 e. The maximum absolute atomic E-state index is 11.7. The summed E-state index contributed by atoms with van der Waals surface area (Å²) in [5, 5.41) is 5.30. The van der Waals surface area contributed by atoms with E-state index in [1.54, 1.807) is 13.8 Å². The van der Waals surface area contributed by atoms with Gasteiger partial charge in [0.2, 0.25) is 17.7 Å². The molecule has 6 nitrogen and oxygen atoms in total. The average molecular weight is 227 g/mol. The molecule has 16 heavy (non-hydrogen) atoms. The van der Waals surface area contributed by atoms with E-state index in [1.807, 2.05) is 0 Å². The predicted molar refractivity (Wildman–Crippen MR) is 57.1 cm³/mol. The van der Waals surface area contributed by atoms with Crippen LogP contribution in [0.3, 0.4) is 0 Å². The molecule has 1 fully saturated rings. The van der Waals surface area contributed by atoms with Gasteiger partial charge in [0.1, 0.15) is 0 Å². The van der Waals surface area contributed by atoms with Gasteiger partial charge in [-0.25, -0.2) is 0 Å². The normalized spacial score (nSPS) is 20.4. The Hall–Kier alpha value is -1.59. The van der Waals surface area contributed by atoms with Crippen LogP contribution in [0.25, 0.3) is 0 Å². The molecule has 0 radical (unpaired) electrons. The van der Waals surface area contributed by atoms with Gasteiger partial charge >= 0.3 is 0 Å². The number of nitrogens with one attached hydrogen (secondary N) is 2. The molecule has 1 atom stereocenters. The number of nitrogens with two attached hydrogens (primary N) is 1. The molecule has 1 heterocycles. The Kier molecular flexibility index (Phi) is 3.51. The molecule has 0 aromatic heterocycles. The summed E-state index contributed by atoms with van der Waals surface area (Å²) in [5.74, 6) is -1.15. The lowest BCUT2D eigenvalue weighted by Crippen LogP contribution is -2.48. The zero-order valence-electron chi connectivity index (χ0n) is 9.50. The maximum Gasteiger partial charge on any atom is 0.225 e. The number of rotatable bonds is 4. The molecule has 4 N–H and O–H groups in total. The number of amides is 3. The fraction of sp³-hybridized carbons (Fsp3) is 0.700. The molecule has 1 unspecified atom stereocenters. The summed E-state index contributed by atoms with van der Waals surface area (Å²) in [6.07, 6.45) is 0.283. The summed E-state index contributed by atoms with van der Waals surface area (Å²) in [6, 6.07) is 0. The second-order valence-electron chi connectivity index (χ2n) is 4.72. The van der Waals surface area contributed by atoms with Gasteiger partial charge in [-0.1, -0.05) is 0 Å². The summed E-state index contributed by atoms with van der Waals surface area (Å²) >= 11 is 0. The zero-order valence-corrected chi connectivity index (χ0v) is 9.50. The Labute approximate surface area is 93.9 Å². The monoisotopic (exact) mass is 227 g/mol. The van der Waals surface area contributed by atoms with E-state index in [0.717, 1.165) is 0 Å². The van der Waals surface area contributed by atoms with Crippen molar-refractivity contribution in [1.82, 2.24) is 10.6 Å². The molecule has 0 saturated carbocycles. The molecule has 0 aliphatic carbocycles. The van der Waals surface area contributed by atoms with E-state index in [1.165, 1.54) is 0 Å². The lowest BCUT2D eigenvalue weighted by Gasteiger charge is -2.26. The first-order valence-corrected chi connectivity index (χ1v) is 5.17. The minimum absolute atomic E-state index is 0.0762. The topological polar surface area (TPSA) is 101 Å². The first-order valence-electron chi connectivity index (χ1n) is 5.17. The second kappa shape index (κ2) is 4.51. The van der Waals surface area contributed by atoms with Gasteiger partial charge in [0.15, 0.2) is 0 Å². The number of hydrogen-bond acceptors (Lipinski definition) is 3. The van der Waals surface area contributed by atoms with E-state index in [0.29, 0.717) is 6.54 Å². The first kappa shape index (κ1) is 12.5. The minimum atomic E-state index is -0.672. The molecule has 1 rings (SSSR count). The van der Waals surface area contributed by atoms with Crippen LogP contribution in [-0.4, -0.2) is 29.8 Å². The fourth-order valence-electron chi connectivity index (χ4n) is 1.71. The van der Waals surface area contributed by atoms with Crippen LogP contribution in [0.15, 0.2) is 0 Å². The Balaban J connectivity index is 2.50. The number of carbonyl (C=O) groups is 3. The molecule has 0 aromatic carbocycles. The summed E-state index contributed by atoms with van der Waals surface area (Å²) < 4.78 is 0. The highest BCUT2D eigenvalue weighted by molar-refractivity contribution is 5.89. The van der Waals surface area contributed by atoms with Crippen LogP contribution in [-0.2, 0) is 14.4 Å². The van der Waals surface area contributed by atoms with E-state index < -0.39 is 11.4 Å². The van der Waals surface area contributed by atoms with Crippen LogP contribution < -0.4 is 16.4 Å². The maximum atomic E-state index is 11.7. The Bertz CT molecular complexity index is 325. The van der Waals surface area contributed by atoms with Crippen molar-refractivity contribution < 1.29 is 14.4 Å². The summed E-state index contributed by atoms with van der Waals surface area (Å²) in [6.45, 7) is 3.80. The zero-order chi connectivity index (χ0) is 12.3. The van der Waals surface area contributed by atoms with Crippen molar-refractivity contribution in [2.75, 3.05) is 6.54 Å². The summed E-state index contributed by atoms with van der Waals surface area (Å²) in [7, 11) is 0. The first-order chi connectivity index (χ1) is 7.30. The van der Waals surface area contributed by atoms with Crippen LogP contribution in [0.1, 0.15) is 26.7 Å². The van der Waals surface area contributed by atoms with Gasteiger partial charge in [-0.2, -0.15) is 0 Å². The Morgan fingerprint density at radius 3 is 2.62 bits per heavy atom. The van der Waals surface area contributed by atoms with Crippen LogP contribution in [0.2, 0.25) is 0 Å². The van der Waals surface area contributed by atoms with Crippen LogP contribution in [0, 0.1) is 5.92 Å². The molecule has 90 valence electrons. The van der Waals surface area contributed by atoms with Crippen molar-refractivity contribution in [1.29, 1.82) is 0 Å². The smallest absolute Gasteiger partial charge is 0.225 e. The van der Waals surface area contributed by atoms with Crippen molar-refractivity contribution in [2.45, 2.75) is 32.2 Å². The molecular formula is C10H17N3O3. The molecule has 0 aromatic rings. The van der Waals surface area contributed by atoms with Gasteiger partial charge in [0.25, 0.3) is 0 Å². The third-order valence-corrected chi connectivity index (χ3v) is 2.43. The van der Waals surface area contributed by atoms with Crippen molar-refractivity contribution >= 4 is 17.7 Å². The molecule has 6 heteroatoms. The number of hydrogen-bond donors (Lipinski definition) is 3.